The standard InChI is InChI=1S/C78H131N25O19/c1-41(2)37-54(97-64(109)44(7)91-65(110)48(81)25-19-35-88-77(84)85)70(115)102-62(45(8)105)75(120)94-50(27-16-18-34-80)69(114)103-63(47-23-13-10-14-24-47)100-60(42(3)4)73(118)95-51(29-31-57(82)106)67(112)98-55(38-46-21-11-9-12-22-46)71(116)101-61(43(5)6)74(119)96-52(30-32-58(83)107)68(113)99-56(40-104)72(117)93-49(26-15-17-33-79)66(111)90-39-59(108)92-53(76(121)122)28-20-36-89-78(86)87/h9-14,21-24,41-45,48-56,60-63,100,104-105H,15-20,25-40,79-81H2,1-8H3,(H2,82,106)(H2,83,107)(H,90,111)(H,91,110)(H,92,108)(H,93,117)(H,94,120)(H,95,118)(H,96,119)(H,97,109)(H,98,112)(H,99,113)(H,101,116)(H,102,115)(H,103,114)(H,121,122)(H4,84,85,88)(H4,86,87,89)/t44-,45+,48-,49-,50-,51-,52-,53-,54-,55-,56-,60-,61-,62-,63?/m0/s1. The van der Waals surface area contributed by atoms with Gasteiger partial charge in [-0.15, -0.1) is 0 Å². The summed E-state index contributed by atoms with van der Waals surface area (Å²) in [5.41, 5.74) is 50.9. The van der Waals surface area contributed by atoms with Gasteiger partial charge in [-0.25, -0.2) is 4.79 Å². The lowest BCUT2D eigenvalue weighted by Gasteiger charge is -2.32. The number of aliphatic hydroxyl groups is 2. The van der Waals surface area contributed by atoms with Gasteiger partial charge in [-0.05, 0) is 139 Å². The first-order valence-corrected chi connectivity index (χ1v) is 40.6. The van der Waals surface area contributed by atoms with Crippen molar-refractivity contribution in [3.05, 3.63) is 71.8 Å². The maximum absolute atomic E-state index is 14.9. The number of rotatable bonds is 60. The van der Waals surface area contributed by atoms with Gasteiger partial charge >= 0.3 is 5.97 Å². The fourth-order valence-electron chi connectivity index (χ4n) is 12.1. The first-order valence-electron chi connectivity index (χ1n) is 40.6. The number of carbonyl (C=O) groups excluding carboxylic acids is 15. The number of carboxylic acid groups (broad SMARTS) is 1. The molecule has 15 amide bonds. The van der Waals surface area contributed by atoms with Crippen molar-refractivity contribution >= 4 is 106 Å². The van der Waals surface area contributed by atoms with E-state index in [1.165, 1.54) is 27.7 Å². The van der Waals surface area contributed by atoms with Crippen LogP contribution in [-0.2, 0) is 83.1 Å². The fourth-order valence-corrected chi connectivity index (χ4v) is 12.1. The number of nitrogens with two attached hydrogens (primary N) is 9. The Balaban J connectivity index is 2.53. The number of benzene rings is 2. The molecule has 122 heavy (non-hydrogen) atoms. The Morgan fingerprint density at radius 3 is 1.29 bits per heavy atom. The van der Waals surface area contributed by atoms with Crippen molar-refractivity contribution in [1.82, 2.24) is 74.4 Å². The average molecular weight is 1720 g/mol. The highest BCUT2D eigenvalue weighted by Crippen LogP contribution is 2.18. The van der Waals surface area contributed by atoms with Crippen LogP contribution in [0, 0.1) is 17.8 Å². The largest absolute Gasteiger partial charge is 0.480 e. The summed E-state index contributed by atoms with van der Waals surface area (Å²) in [7, 11) is 0. The Bertz CT molecular complexity index is 3800. The van der Waals surface area contributed by atoms with Crippen LogP contribution in [0.4, 0.5) is 0 Å². The van der Waals surface area contributed by atoms with Gasteiger partial charge in [0.25, 0.3) is 0 Å². The van der Waals surface area contributed by atoms with E-state index in [4.69, 9.17) is 51.6 Å². The van der Waals surface area contributed by atoms with Crippen molar-refractivity contribution < 1.29 is 92.0 Å². The van der Waals surface area contributed by atoms with Crippen molar-refractivity contribution in [2.45, 2.75) is 249 Å². The van der Waals surface area contributed by atoms with E-state index in [9.17, 15) is 92.0 Å². The van der Waals surface area contributed by atoms with E-state index in [2.05, 4.69) is 84.4 Å². The Kier molecular flexibility index (Phi) is 49.4. The molecule has 0 heterocycles. The van der Waals surface area contributed by atoms with Gasteiger partial charge in [0.1, 0.15) is 72.6 Å². The summed E-state index contributed by atoms with van der Waals surface area (Å²) in [4.78, 5) is 228. The van der Waals surface area contributed by atoms with Crippen LogP contribution in [0.3, 0.4) is 0 Å². The number of aliphatic imine (C=N–C) groups is 2. The fraction of sp³-hybridized carbons (Fsp3) is 0.615. The summed E-state index contributed by atoms with van der Waals surface area (Å²) >= 11 is 0. The predicted octanol–water partition coefficient (Wildman–Crippen LogP) is -7.49. The number of aliphatic hydroxyl groups excluding tert-OH is 2. The SMILES string of the molecule is CC(C)C[C@H](NC(=O)[C@H](C)NC(=O)[C@@H](N)CCCN=C(N)N)C(=O)N[C@H](C(=O)N[C@@H](CCCCN)C(=O)NC(N[C@H](C(=O)N[C@@H](CCC(N)=O)C(=O)N[C@@H](Cc1ccccc1)C(=O)N[C@H](C(=O)N[C@@H](CCC(N)=O)C(=O)N[C@@H](CO)C(=O)N[C@@H](CCCCN)C(=O)NCC(=O)N[C@@H](CCCN=C(N)N)C(=O)O)C(C)C)C(C)C)c1ccccc1)[C@@H](C)O. The minimum absolute atomic E-state index is 0.0297. The zero-order valence-electron chi connectivity index (χ0n) is 70.7. The third kappa shape index (κ3) is 41.5. The Morgan fingerprint density at radius 1 is 0.402 bits per heavy atom. The van der Waals surface area contributed by atoms with Gasteiger partial charge in [0.15, 0.2) is 11.9 Å². The molecule has 0 saturated carbocycles. The smallest absolute Gasteiger partial charge is 0.326 e. The molecule has 0 fully saturated rings. The van der Waals surface area contributed by atoms with Gasteiger partial charge in [-0.3, -0.25) is 87.2 Å². The molecule has 0 radical (unpaired) electrons. The third-order valence-corrected chi connectivity index (χ3v) is 18.9. The quantitative estimate of drug-likeness (QED) is 0.0127. The summed E-state index contributed by atoms with van der Waals surface area (Å²) in [5.74, 6) is -17.5. The van der Waals surface area contributed by atoms with E-state index < -0.39 is 236 Å². The number of primary amides is 2. The van der Waals surface area contributed by atoms with Crippen LogP contribution < -0.4 is 126 Å². The summed E-state index contributed by atoms with van der Waals surface area (Å²) in [6.45, 7) is 11.2. The number of guanidine groups is 2. The minimum atomic E-state index is -1.85. The Morgan fingerprint density at radius 2 is 0.811 bits per heavy atom. The molecular formula is C78H131N25O19. The number of carbonyl (C=O) groups is 16. The van der Waals surface area contributed by atoms with Gasteiger partial charge in [0, 0.05) is 32.4 Å². The molecule has 2 rings (SSSR count). The lowest BCUT2D eigenvalue weighted by molar-refractivity contribution is -0.142. The van der Waals surface area contributed by atoms with Crippen LogP contribution >= 0.6 is 0 Å². The summed E-state index contributed by atoms with van der Waals surface area (Å²) < 4.78 is 0. The second-order valence-corrected chi connectivity index (χ2v) is 30.6. The highest BCUT2D eigenvalue weighted by atomic mass is 16.4. The number of nitrogens with zero attached hydrogens (tertiary/aromatic N) is 2. The normalized spacial score (nSPS) is 14.9. The van der Waals surface area contributed by atoms with E-state index in [1.807, 2.05) is 0 Å². The molecule has 2 aromatic rings. The van der Waals surface area contributed by atoms with Crippen molar-refractivity contribution in [1.29, 1.82) is 0 Å². The minimum Gasteiger partial charge on any atom is -0.480 e. The molecule has 0 aliphatic heterocycles. The molecule has 2 aromatic carbocycles. The first-order chi connectivity index (χ1) is 57.5. The van der Waals surface area contributed by atoms with Gasteiger partial charge < -0.3 is 136 Å². The number of carboxylic acids is 1. The second kappa shape index (κ2) is 56.7. The molecule has 44 heteroatoms. The average Bonchev–Trinajstić information content (AvgIpc) is 0.838. The lowest BCUT2D eigenvalue weighted by Crippen LogP contribution is -2.62. The zero-order chi connectivity index (χ0) is 91.9. The maximum Gasteiger partial charge on any atom is 0.326 e. The second-order valence-electron chi connectivity index (χ2n) is 30.6. The Hall–Kier alpha value is -11.7. The number of nitrogens with one attached hydrogen (secondary N) is 14. The van der Waals surface area contributed by atoms with E-state index in [0.29, 0.717) is 30.4 Å². The number of amides is 15. The van der Waals surface area contributed by atoms with Crippen LogP contribution in [0.2, 0.25) is 0 Å². The van der Waals surface area contributed by atoms with Crippen molar-refractivity contribution in [3.8, 4) is 0 Å². The van der Waals surface area contributed by atoms with Crippen LogP contribution in [0.5, 0.6) is 0 Å². The van der Waals surface area contributed by atoms with E-state index >= 15 is 0 Å². The van der Waals surface area contributed by atoms with E-state index in [0.717, 1.165) is 0 Å². The van der Waals surface area contributed by atoms with E-state index in [-0.39, 0.29) is 102 Å². The van der Waals surface area contributed by atoms with Crippen LogP contribution in [-0.4, -0.2) is 246 Å². The Labute approximate surface area is 709 Å². The van der Waals surface area contributed by atoms with Gasteiger partial charge in [-0.2, -0.15) is 0 Å². The summed E-state index contributed by atoms with van der Waals surface area (Å²) in [5, 5.41) is 67.2. The molecule has 1 unspecified atom stereocenters. The maximum atomic E-state index is 14.9. The number of unbranched alkanes of at least 4 members (excludes halogenated alkanes) is 2. The third-order valence-electron chi connectivity index (χ3n) is 18.9. The lowest BCUT2D eigenvalue weighted by atomic mass is 9.99. The van der Waals surface area contributed by atoms with Crippen LogP contribution in [0.25, 0.3) is 0 Å². The zero-order valence-corrected chi connectivity index (χ0v) is 70.7. The highest BCUT2D eigenvalue weighted by Gasteiger charge is 2.39. The molecular weight excluding hydrogens is 1590 g/mol. The number of hydrogen-bond acceptors (Lipinski definition) is 24. The van der Waals surface area contributed by atoms with Crippen LogP contribution in [0.1, 0.15) is 169 Å². The molecule has 15 atom stereocenters. The number of aliphatic carboxylic acids is 1. The topological polar surface area (TPSA) is 761 Å². The molecule has 0 saturated heterocycles. The van der Waals surface area contributed by atoms with Crippen LogP contribution in [0.15, 0.2) is 70.6 Å². The van der Waals surface area contributed by atoms with E-state index in [1.54, 1.807) is 88.4 Å². The van der Waals surface area contributed by atoms with Gasteiger partial charge in [-0.1, -0.05) is 102 Å². The molecule has 0 aromatic heterocycles. The van der Waals surface area contributed by atoms with Crippen molar-refractivity contribution in [2.75, 3.05) is 39.3 Å². The monoisotopic (exact) mass is 1720 g/mol. The highest BCUT2D eigenvalue weighted by molar-refractivity contribution is 6.00. The summed E-state index contributed by atoms with van der Waals surface area (Å²) in [6.07, 6.45) is -3.34. The molecule has 682 valence electrons. The molecule has 0 aliphatic rings. The molecule has 0 bridgehead atoms. The van der Waals surface area contributed by atoms with Gasteiger partial charge in [0.2, 0.25) is 88.6 Å². The first kappa shape index (κ1) is 106. The number of hydrogen-bond donors (Lipinski definition) is 26. The molecule has 0 spiro atoms. The molecule has 0 aliphatic carbocycles. The molecule has 35 N–H and O–H groups in total. The predicted molar refractivity (Wildman–Crippen MR) is 450 cm³/mol. The summed E-state index contributed by atoms with van der Waals surface area (Å²) in [6, 6.07) is -2.78. The van der Waals surface area contributed by atoms with Gasteiger partial charge in [0.05, 0.1) is 31.3 Å². The van der Waals surface area contributed by atoms with Crippen molar-refractivity contribution in [3.63, 3.8) is 0 Å². The molecule has 44 nitrogen and oxygen atoms in total. The van der Waals surface area contributed by atoms with Crippen molar-refractivity contribution in [2.24, 2.45) is 79.3 Å².